The molecular formula is C22H25N3O5. The van der Waals surface area contributed by atoms with Crippen molar-refractivity contribution in [3.8, 4) is 11.8 Å². The van der Waals surface area contributed by atoms with Gasteiger partial charge in [-0.15, -0.1) is 0 Å². The quantitative estimate of drug-likeness (QED) is 0.676. The van der Waals surface area contributed by atoms with Gasteiger partial charge in [0.05, 0.1) is 12.8 Å². The minimum absolute atomic E-state index is 0.00395. The van der Waals surface area contributed by atoms with Gasteiger partial charge >= 0.3 is 5.97 Å². The number of rotatable bonds is 7. The second kappa shape index (κ2) is 9.74. The van der Waals surface area contributed by atoms with Crippen LogP contribution in [0.4, 0.5) is 5.69 Å². The number of anilines is 1. The number of pyridine rings is 1. The Labute approximate surface area is 174 Å². The molecule has 158 valence electrons. The number of aromatic nitrogens is 1. The van der Waals surface area contributed by atoms with E-state index < -0.39 is 23.5 Å². The zero-order valence-corrected chi connectivity index (χ0v) is 17.7. The number of amides is 1. The summed E-state index contributed by atoms with van der Waals surface area (Å²) in [4.78, 5) is 39.1. The molecule has 1 aromatic carbocycles. The van der Waals surface area contributed by atoms with E-state index in [1.807, 2.05) is 19.1 Å². The van der Waals surface area contributed by atoms with Gasteiger partial charge in [0.15, 0.2) is 6.10 Å². The molecule has 2 N–H and O–H groups in total. The number of nitrogens with one attached hydrogen (secondary N) is 2. The van der Waals surface area contributed by atoms with Gasteiger partial charge in [-0.1, -0.05) is 6.07 Å². The molecule has 0 aliphatic rings. The van der Waals surface area contributed by atoms with Crippen molar-refractivity contribution < 1.29 is 19.1 Å². The number of aryl methyl sites for hydroxylation is 2. The van der Waals surface area contributed by atoms with Crippen molar-refractivity contribution in [2.45, 2.75) is 46.6 Å². The average molecular weight is 411 g/mol. The molecule has 0 aliphatic heterocycles. The Morgan fingerprint density at radius 1 is 1.27 bits per heavy atom. The molecule has 30 heavy (non-hydrogen) atoms. The zero-order valence-electron chi connectivity index (χ0n) is 17.7. The first-order valence-electron chi connectivity index (χ1n) is 9.45. The van der Waals surface area contributed by atoms with Crippen LogP contribution in [0.2, 0.25) is 0 Å². The fraction of sp³-hybridized carbons (Fsp3) is 0.364. The summed E-state index contributed by atoms with van der Waals surface area (Å²) >= 11 is 0. The molecule has 8 nitrogen and oxygen atoms in total. The van der Waals surface area contributed by atoms with Crippen LogP contribution in [0.25, 0.3) is 0 Å². The Kier molecular flexibility index (Phi) is 7.37. The average Bonchev–Trinajstić information content (AvgIpc) is 2.68. The molecule has 0 fully saturated rings. The number of esters is 1. The highest BCUT2D eigenvalue weighted by Gasteiger charge is 2.20. The number of carbonyl (C=O) groups is 2. The molecule has 0 radical (unpaired) electrons. The highest BCUT2D eigenvalue weighted by Crippen LogP contribution is 2.25. The first-order chi connectivity index (χ1) is 14.2. The second-order valence-corrected chi connectivity index (χ2v) is 6.99. The number of H-pyrrole nitrogens is 1. The summed E-state index contributed by atoms with van der Waals surface area (Å²) in [6, 6.07) is 7.24. The summed E-state index contributed by atoms with van der Waals surface area (Å²) in [5, 5.41) is 11.8. The lowest BCUT2D eigenvalue weighted by Gasteiger charge is -2.16. The minimum Gasteiger partial charge on any atom is -0.495 e. The van der Waals surface area contributed by atoms with E-state index in [1.165, 1.54) is 14.0 Å². The smallest absolute Gasteiger partial charge is 0.306 e. The lowest BCUT2D eigenvalue weighted by molar-refractivity contribution is -0.153. The number of nitrogens with zero attached hydrogens (tertiary/aromatic N) is 1. The van der Waals surface area contributed by atoms with Gasteiger partial charge in [0, 0.05) is 12.1 Å². The molecule has 1 atom stereocenters. The largest absolute Gasteiger partial charge is 0.495 e. The number of benzene rings is 1. The van der Waals surface area contributed by atoms with Gasteiger partial charge in [0.25, 0.3) is 11.5 Å². The van der Waals surface area contributed by atoms with Gasteiger partial charge in [-0.2, -0.15) is 5.26 Å². The molecule has 2 rings (SSSR count). The summed E-state index contributed by atoms with van der Waals surface area (Å²) in [6.45, 7) is 6.76. The number of methoxy groups -OCH3 is 1. The van der Waals surface area contributed by atoms with Gasteiger partial charge in [0.2, 0.25) is 0 Å². The molecule has 0 saturated carbocycles. The van der Waals surface area contributed by atoms with Gasteiger partial charge in [-0.3, -0.25) is 14.4 Å². The maximum Gasteiger partial charge on any atom is 0.306 e. The molecule has 1 aromatic heterocycles. The molecule has 0 unspecified atom stereocenters. The lowest BCUT2D eigenvalue weighted by Crippen LogP contribution is -2.30. The van der Waals surface area contributed by atoms with Crippen LogP contribution >= 0.6 is 0 Å². The van der Waals surface area contributed by atoms with E-state index in [-0.39, 0.29) is 18.4 Å². The Balaban J connectivity index is 2.00. The molecule has 1 amide bonds. The molecule has 8 heteroatoms. The number of hydrogen-bond acceptors (Lipinski definition) is 6. The standard InChI is InChI=1S/C22H25N3O5/c1-12-6-8-19(29-5)18(10-12)25-21(27)15(4)30-20(26)9-7-16-13(2)17(11-23)22(28)24-14(16)3/h6,8,10,15H,7,9H2,1-5H3,(H,24,28)(H,25,27)/t15-/m1/s1. The summed E-state index contributed by atoms with van der Waals surface area (Å²) in [6.07, 6.45) is -0.721. The van der Waals surface area contributed by atoms with Crippen LogP contribution in [0.5, 0.6) is 5.75 Å². The van der Waals surface area contributed by atoms with Crippen molar-refractivity contribution in [1.29, 1.82) is 5.26 Å². The Hall–Kier alpha value is -3.60. The summed E-state index contributed by atoms with van der Waals surface area (Å²) < 4.78 is 10.5. The third-order valence-corrected chi connectivity index (χ3v) is 4.79. The van der Waals surface area contributed by atoms with E-state index in [0.29, 0.717) is 28.3 Å². The molecule has 0 bridgehead atoms. The van der Waals surface area contributed by atoms with Crippen molar-refractivity contribution in [1.82, 2.24) is 4.98 Å². The van der Waals surface area contributed by atoms with E-state index in [2.05, 4.69) is 10.3 Å². The van der Waals surface area contributed by atoms with Crippen molar-refractivity contribution in [2.24, 2.45) is 0 Å². The van der Waals surface area contributed by atoms with Crippen LogP contribution in [0.15, 0.2) is 23.0 Å². The molecule has 0 aliphatic carbocycles. The molecule has 0 spiro atoms. The van der Waals surface area contributed by atoms with Crippen molar-refractivity contribution in [3.63, 3.8) is 0 Å². The van der Waals surface area contributed by atoms with E-state index in [4.69, 9.17) is 14.7 Å². The molecule has 1 heterocycles. The third-order valence-electron chi connectivity index (χ3n) is 4.79. The van der Waals surface area contributed by atoms with E-state index in [0.717, 1.165) is 5.56 Å². The third kappa shape index (κ3) is 5.26. The van der Waals surface area contributed by atoms with Gasteiger partial charge < -0.3 is 19.8 Å². The number of hydrogen-bond donors (Lipinski definition) is 2. The van der Waals surface area contributed by atoms with Crippen molar-refractivity contribution in [3.05, 3.63) is 56.5 Å². The summed E-state index contributed by atoms with van der Waals surface area (Å²) in [7, 11) is 1.50. The number of carbonyl (C=O) groups excluding carboxylic acids is 2. The summed E-state index contributed by atoms with van der Waals surface area (Å²) in [5.41, 5.74) is 2.88. The first kappa shape index (κ1) is 22.7. The fourth-order valence-electron chi connectivity index (χ4n) is 3.11. The highest BCUT2D eigenvalue weighted by molar-refractivity contribution is 5.96. The van der Waals surface area contributed by atoms with E-state index in [1.54, 1.807) is 26.0 Å². The fourth-order valence-corrected chi connectivity index (χ4v) is 3.11. The van der Waals surface area contributed by atoms with Gasteiger partial charge in [0.1, 0.15) is 17.4 Å². The Morgan fingerprint density at radius 3 is 2.60 bits per heavy atom. The molecular weight excluding hydrogens is 386 g/mol. The van der Waals surface area contributed by atoms with Crippen molar-refractivity contribution in [2.75, 3.05) is 12.4 Å². The van der Waals surface area contributed by atoms with Crippen molar-refractivity contribution >= 4 is 17.6 Å². The zero-order chi connectivity index (χ0) is 22.4. The van der Waals surface area contributed by atoms with Gasteiger partial charge in [-0.25, -0.2) is 0 Å². The van der Waals surface area contributed by atoms with Crippen LogP contribution in [0.1, 0.15) is 41.3 Å². The van der Waals surface area contributed by atoms with E-state index >= 15 is 0 Å². The maximum atomic E-state index is 12.4. The predicted octanol–water partition coefficient (Wildman–Crippen LogP) is 2.68. The maximum absolute atomic E-state index is 12.4. The van der Waals surface area contributed by atoms with Crippen LogP contribution < -0.4 is 15.6 Å². The molecule has 0 saturated heterocycles. The lowest BCUT2D eigenvalue weighted by atomic mass is 9.99. The Bertz CT molecular complexity index is 1070. The predicted molar refractivity (Wildman–Crippen MR) is 111 cm³/mol. The number of aromatic amines is 1. The first-order valence-corrected chi connectivity index (χ1v) is 9.45. The number of nitriles is 1. The molecule has 2 aromatic rings. The monoisotopic (exact) mass is 411 g/mol. The van der Waals surface area contributed by atoms with Crippen LogP contribution in [-0.2, 0) is 20.7 Å². The number of ether oxygens (including phenoxy) is 2. The summed E-state index contributed by atoms with van der Waals surface area (Å²) in [5.74, 6) is -0.530. The Morgan fingerprint density at radius 2 is 1.97 bits per heavy atom. The SMILES string of the molecule is COc1ccc(C)cc1NC(=O)[C@@H](C)OC(=O)CCc1c(C)[nH]c(=O)c(C#N)c1C. The van der Waals surface area contributed by atoms with E-state index in [9.17, 15) is 14.4 Å². The highest BCUT2D eigenvalue weighted by atomic mass is 16.5. The normalized spacial score (nSPS) is 11.3. The van der Waals surface area contributed by atoms with Crippen LogP contribution in [0.3, 0.4) is 0 Å². The van der Waals surface area contributed by atoms with Crippen LogP contribution in [0, 0.1) is 32.1 Å². The minimum atomic E-state index is -1.00. The van der Waals surface area contributed by atoms with Crippen LogP contribution in [-0.4, -0.2) is 30.1 Å². The topological polar surface area (TPSA) is 121 Å². The second-order valence-electron chi connectivity index (χ2n) is 6.99. The van der Waals surface area contributed by atoms with Gasteiger partial charge in [-0.05, 0) is 62.9 Å².